The molecule has 110 valence electrons. The summed E-state index contributed by atoms with van der Waals surface area (Å²) in [4.78, 5) is 0. The van der Waals surface area contributed by atoms with Crippen LogP contribution < -0.4 is 0 Å². The average Bonchev–Trinajstić information content (AvgIpc) is 2.95. The van der Waals surface area contributed by atoms with Crippen molar-refractivity contribution in [1.29, 1.82) is 0 Å². The Hall–Kier alpha value is -2.48. The van der Waals surface area contributed by atoms with Crippen molar-refractivity contribution < 1.29 is 4.42 Å². The molecule has 0 unspecified atom stereocenters. The first-order valence-electron chi connectivity index (χ1n) is 7.65. The lowest BCUT2D eigenvalue weighted by atomic mass is 10.1. The van der Waals surface area contributed by atoms with Crippen LogP contribution in [0, 0.1) is 27.7 Å². The van der Waals surface area contributed by atoms with E-state index in [-0.39, 0.29) is 0 Å². The number of fused-ring (bicyclic) bond motifs is 3. The maximum absolute atomic E-state index is 6.14. The van der Waals surface area contributed by atoms with Gasteiger partial charge in [0.15, 0.2) is 0 Å². The fourth-order valence-electron chi connectivity index (χ4n) is 3.45. The van der Waals surface area contributed by atoms with Crippen molar-refractivity contribution in [3.63, 3.8) is 0 Å². The van der Waals surface area contributed by atoms with Gasteiger partial charge in [-0.1, -0.05) is 36.4 Å². The van der Waals surface area contributed by atoms with Crippen molar-refractivity contribution in [3.8, 4) is 5.69 Å². The van der Waals surface area contributed by atoms with Gasteiger partial charge in [-0.3, -0.25) is 4.57 Å². The van der Waals surface area contributed by atoms with E-state index >= 15 is 0 Å². The molecule has 0 N–H and O–H groups in total. The Morgan fingerprint density at radius 3 is 2.23 bits per heavy atom. The molecule has 4 aromatic rings. The Labute approximate surface area is 130 Å². The lowest BCUT2D eigenvalue weighted by molar-refractivity contribution is 0.558. The van der Waals surface area contributed by atoms with Gasteiger partial charge >= 0.3 is 0 Å². The third kappa shape index (κ3) is 1.61. The smallest absolute Gasteiger partial charge is 0.212 e. The number of rotatable bonds is 1. The van der Waals surface area contributed by atoms with Gasteiger partial charge in [0.1, 0.15) is 5.76 Å². The highest BCUT2D eigenvalue weighted by Gasteiger charge is 2.20. The van der Waals surface area contributed by atoms with Gasteiger partial charge in [0, 0.05) is 10.9 Å². The molecule has 4 rings (SSSR count). The second kappa shape index (κ2) is 4.51. The Kier molecular flexibility index (Phi) is 2.70. The van der Waals surface area contributed by atoms with Gasteiger partial charge in [-0.15, -0.1) is 0 Å². The molecule has 0 aliphatic carbocycles. The normalized spacial score (nSPS) is 11.6. The third-order valence-electron chi connectivity index (χ3n) is 4.65. The van der Waals surface area contributed by atoms with E-state index < -0.39 is 0 Å². The van der Waals surface area contributed by atoms with Gasteiger partial charge in [0.2, 0.25) is 5.71 Å². The third-order valence-corrected chi connectivity index (χ3v) is 4.65. The van der Waals surface area contributed by atoms with E-state index in [1.54, 1.807) is 0 Å². The van der Waals surface area contributed by atoms with Crippen molar-refractivity contribution in [2.24, 2.45) is 0 Å². The number of aryl methyl sites for hydroxylation is 4. The first kappa shape index (κ1) is 13.2. The maximum Gasteiger partial charge on any atom is 0.212 e. The highest BCUT2D eigenvalue weighted by Crippen LogP contribution is 2.38. The summed E-state index contributed by atoms with van der Waals surface area (Å²) in [5, 5.41) is 2.49. The summed E-state index contributed by atoms with van der Waals surface area (Å²) in [6.07, 6.45) is 0. The van der Waals surface area contributed by atoms with Crippen molar-refractivity contribution in [2.75, 3.05) is 0 Å². The summed E-state index contributed by atoms with van der Waals surface area (Å²) in [5.74, 6) is 0.996. The standard InChI is InChI=1S/C20H19NO/c1-12-8-7-9-13(2)19(12)21-17-11-6-5-10-16(17)18-14(3)15(4)22-20(18)21/h5-11H,1-4H3. The minimum atomic E-state index is 0.952. The molecule has 22 heavy (non-hydrogen) atoms. The summed E-state index contributed by atoms with van der Waals surface area (Å²) < 4.78 is 8.42. The van der Waals surface area contributed by atoms with E-state index in [1.165, 1.54) is 38.7 Å². The van der Waals surface area contributed by atoms with Crippen LogP contribution in [0.4, 0.5) is 0 Å². The molecule has 0 saturated heterocycles. The van der Waals surface area contributed by atoms with Gasteiger partial charge in [-0.25, -0.2) is 0 Å². The number of benzene rings is 2. The number of hydrogen-bond donors (Lipinski definition) is 0. The van der Waals surface area contributed by atoms with Gasteiger partial charge in [0.05, 0.1) is 16.6 Å². The van der Waals surface area contributed by atoms with Gasteiger partial charge in [-0.05, 0) is 44.9 Å². The van der Waals surface area contributed by atoms with E-state index in [4.69, 9.17) is 4.42 Å². The van der Waals surface area contributed by atoms with Gasteiger partial charge < -0.3 is 4.42 Å². The number of aromatic nitrogens is 1. The molecule has 0 atom stereocenters. The van der Waals surface area contributed by atoms with Crippen LogP contribution in [0.15, 0.2) is 46.9 Å². The second-order valence-corrected chi connectivity index (χ2v) is 6.06. The molecule has 0 amide bonds. The van der Waals surface area contributed by atoms with Crippen molar-refractivity contribution in [1.82, 2.24) is 4.57 Å². The summed E-state index contributed by atoms with van der Waals surface area (Å²) in [6, 6.07) is 15.0. The van der Waals surface area contributed by atoms with Crippen LogP contribution >= 0.6 is 0 Å². The fraction of sp³-hybridized carbons (Fsp3) is 0.200. The van der Waals surface area contributed by atoms with E-state index in [2.05, 4.69) is 67.8 Å². The van der Waals surface area contributed by atoms with Crippen LogP contribution in [0.3, 0.4) is 0 Å². The van der Waals surface area contributed by atoms with E-state index in [1.807, 2.05) is 6.92 Å². The molecule has 2 heteroatoms. The summed E-state index contributed by atoms with van der Waals surface area (Å²) in [6.45, 7) is 8.50. The zero-order valence-corrected chi connectivity index (χ0v) is 13.4. The molecule has 2 aromatic carbocycles. The zero-order chi connectivity index (χ0) is 15.4. The molecule has 0 spiro atoms. The lowest BCUT2D eigenvalue weighted by Gasteiger charge is -2.12. The molecule has 0 fully saturated rings. The Bertz CT molecular complexity index is 997. The predicted octanol–water partition coefficient (Wildman–Crippen LogP) is 5.61. The molecule has 2 aromatic heterocycles. The molecule has 0 aliphatic heterocycles. The van der Waals surface area contributed by atoms with E-state index in [0.717, 1.165) is 11.5 Å². The monoisotopic (exact) mass is 289 g/mol. The molecule has 0 saturated carbocycles. The van der Waals surface area contributed by atoms with Gasteiger partial charge in [-0.2, -0.15) is 0 Å². The van der Waals surface area contributed by atoms with Crippen molar-refractivity contribution in [3.05, 3.63) is 64.9 Å². The van der Waals surface area contributed by atoms with Gasteiger partial charge in [0.25, 0.3) is 0 Å². The lowest BCUT2D eigenvalue weighted by Crippen LogP contribution is -1.99. The Morgan fingerprint density at radius 2 is 1.50 bits per heavy atom. The van der Waals surface area contributed by atoms with Crippen LogP contribution in [0.1, 0.15) is 22.5 Å². The minimum Gasteiger partial charge on any atom is -0.444 e. The fourth-order valence-corrected chi connectivity index (χ4v) is 3.45. The SMILES string of the molecule is Cc1cccc(C)c1-n1c2ccccc2c2c(C)c(C)oc21. The van der Waals surface area contributed by atoms with Crippen LogP contribution in [-0.2, 0) is 0 Å². The number of para-hydroxylation sites is 2. The number of hydrogen-bond acceptors (Lipinski definition) is 1. The summed E-state index contributed by atoms with van der Waals surface area (Å²) in [5.41, 5.74) is 7.13. The predicted molar refractivity (Wildman–Crippen MR) is 92.0 cm³/mol. The van der Waals surface area contributed by atoms with Crippen molar-refractivity contribution in [2.45, 2.75) is 27.7 Å². The molecular weight excluding hydrogens is 270 g/mol. The zero-order valence-electron chi connectivity index (χ0n) is 13.4. The Balaban J connectivity index is 2.28. The van der Waals surface area contributed by atoms with Crippen LogP contribution in [0.25, 0.3) is 27.7 Å². The minimum absolute atomic E-state index is 0.952. The van der Waals surface area contributed by atoms with Crippen LogP contribution in [0.5, 0.6) is 0 Å². The van der Waals surface area contributed by atoms with Crippen LogP contribution in [0.2, 0.25) is 0 Å². The molecule has 0 bridgehead atoms. The molecule has 2 nitrogen and oxygen atoms in total. The maximum atomic E-state index is 6.14. The molecule has 0 aliphatic rings. The highest BCUT2D eigenvalue weighted by molar-refractivity contribution is 6.09. The Morgan fingerprint density at radius 1 is 0.818 bits per heavy atom. The molecule has 2 heterocycles. The summed E-state index contributed by atoms with van der Waals surface area (Å²) in [7, 11) is 0. The topological polar surface area (TPSA) is 18.1 Å². The van der Waals surface area contributed by atoms with E-state index in [9.17, 15) is 0 Å². The first-order chi connectivity index (χ1) is 10.6. The average molecular weight is 289 g/mol. The van der Waals surface area contributed by atoms with E-state index in [0.29, 0.717) is 0 Å². The molecule has 0 radical (unpaired) electrons. The van der Waals surface area contributed by atoms with Crippen molar-refractivity contribution >= 4 is 22.0 Å². The number of furan rings is 1. The quantitative estimate of drug-likeness (QED) is 0.445. The second-order valence-electron chi connectivity index (χ2n) is 6.06. The van der Waals surface area contributed by atoms with Crippen LogP contribution in [-0.4, -0.2) is 4.57 Å². The summed E-state index contributed by atoms with van der Waals surface area (Å²) >= 11 is 0. The largest absolute Gasteiger partial charge is 0.444 e. The first-order valence-corrected chi connectivity index (χ1v) is 7.65. The number of nitrogens with zero attached hydrogens (tertiary/aromatic N) is 1. The molecular formula is C20H19NO. The highest BCUT2D eigenvalue weighted by atomic mass is 16.3.